The van der Waals surface area contributed by atoms with Gasteiger partial charge in [0.2, 0.25) is 0 Å². The van der Waals surface area contributed by atoms with Crippen LogP contribution in [0.2, 0.25) is 5.02 Å². The number of rotatable bonds is 5. The Hall–Kier alpha value is -1.25. The molecule has 1 aromatic rings. The van der Waals surface area contributed by atoms with Gasteiger partial charge < -0.3 is 9.64 Å². The average Bonchev–Trinajstić information content (AvgIpc) is 3.06. The molecule has 1 aromatic carbocycles. The van der Waals surface area contributed by atoms with Gasteiger partial charge in [-0.25, -0.2) is 8.42 Å². The zero-order valence-electron chi connectivity index (χ0n) is 15.5. The predicted molar refractivity (Wildman–Crippen MR) is 111 cm³/mol. The summed E-state index contributed by atoms with van der Waals surface area (Å²) in [4.78, 5) is 18.8. The van der Waals surface area contributed by atoms with Crippen molar-refractivity contribution in [3.05, 3.63) is 23.2 Å². The van der Waals surface area contributed by atoms with E-state index in [1.54, 1.807) is 25.3 Å². The van der Waals surface area contributed by atoms with Crippen molar-refractivity contribution in [2.45, 2.75) is 38.0 Å². The maximum absolute atomic E-state index is 12.6. The number of aliphatic imine (C=N–C) groups is 1. The number of fused-ring (bicyclic) bond motifs is 1. The zero-order chi connectivity index (χ0) is 19.8. The first-order valence-electron chi connectivity index (χ1n) is 8.92. The summed E-state index contributed by atoms with van der Waals surface area (Å²) >= 11 is 7.54. The van der Waals surface area contributed by atoms with Crippen LogP contribution in [0.5, 0.6) is 5.75 Å². The van der Waals surface area contributed by atoms with Crippen LogP contribution in [0.25, 0.3) is 0 Å². The van der Waals surface area contributed by atoms with Crippen molar-refractivity contribution in [3.63, 3.8) is 0 Å². The third-order valence-corrected chi connectivity index (χ3v) is 8.45. The minimum atomic E-state index is -3.13. The second-order valence-corrected chi connectivity index (χ2v) is 10.5. The van der Waals surface area contributed by atoms with E-state index in [1.807, 2.05) is 18.7 Å². The van der Waals surface area contributed by atoms with Gasteiger partial charge >= 0.3 is 0 Å². The van der Waals surface area contributed by atoms with E-state index in [4.69, 9.17) is 16.3 Å². The molecule has 0 radical (unpaired) electrons. The van der Waals surface area contributed by atoms with E-state index in [2.05, 4.69) is 4.99 Å². The van der Waals surface area contributed by atoms with E-state index in [1.165, 1.54) is 11.8 Å². The van der Waals surface area contributed by atoms with E-state index < -0.39 is 9.84 Å². The van der Waals surface area contributed by atoms with Gasteiger partial charge in [-0.05, 0) is 31.0 Å². The number of thioether (sulfide) groups is 1. The molecular formula is C18H23ClN2O4S2. The number of amidine groups is 1. The summed E-state index contributed by atoms with van der Waals surface area (Å²) in [5.74, 6) is 0.368. The Kier molecular flexibility index (Phi) is 6.08. The number of carbonyl (C=O) groups excluding carboxylic acids is 1. The number of carbonyl (C=O) groups is 1. The van der Waals surface area contributed by atoms with Crippen LogP contribution in [-0.4, -0.2) is 49.4 Å². The lowest BCUT2D eigenvalue weighted by molar-refractivity contribution is -0.121. The normalized spacial score (nSPS) is 25.2. The Morgan fingerprint density at radius 1 is 1.37 bits per heavy atom. The highest BCUT2D eigenvalue weighted by Gasteiger charge is 2.50. The van der Waals surface area contributed by atoms with Crippen LogP contribution < -0.4 is 9.64 Å². The Morgan fingerprint density at radius 3 is 2.70 bits per heavy atom. The molecule has 1 amide bonds. The minimum Gasteiger partial charge on any atom is -0.495 e. The molecule has 0 bridgehead atoms. The van der Waals surface area contributed by atoms with Crippen molar-refractivity contribution >= 4 is 50.0 Å². The SMILES string of the molecule is CCC(CC)C(=O)N=C1SC2CS(=O)(=O)CC2N1c1cc(Cl)ccc1OC. The fraction of sp³-hybridized carbons (Fsp3) is 0.556. The monoisotopic (exact) mass is 430 g/mol. The topological polar surface area (TPSA) is 76.0 Å². The molecule has 0 N–H and O–H groups in total. The summed E-state index contributed by atoms with van der Waals surface area (Å²) in [6, 6.07) is 4.88. The van der Waals surface area contributed by atoms with E-state index in [9.17, 15) is 13.2 Å². The van der Waals surface area contributed by atoms with Crippen molar-refractivity contribution in [2.75, 3.05) is 23.5 Å². The smallest absolute Gasteiger partial charge is 0.251 e. The molecule has 2 fully saturated rings. The van der Waals surface area contributed by atoms with Gasteiger partial charge in [-0.15, -0.1) is 0 Å². The molecule has 0 aromatic heterocycles. The van der Waals surface area contributed by atoms with Crippen LogP contribution in [0.15, 0.2) is 23.2 Å². The molecule has 9 heteroatoms. The summed E-state index contributed by atoms with van der Waals surface area (Å²) in [6.45, 7) is 3.93. The molecule has 0 saturated carbocycles. The number of benzene rings is 1. The van der Waals surface area contributed by atoms with Crippen LogP contribution in [0.1, 0.15) is 26.7 Å². The van der Waals surface area contributed by atoms with Gasteiger partial charge in [0.05, 0.1) is 30.3 Å². The zero-order valence-corrected chi connectivity index (χ0v) is 17.9. The van der Waals surface area contributed by atoms with E-state index in [-0.39, 0.29) is 34.6 Å². The number of hydrogen-bond acceptors (Lipinski definition) is 5. The molecular weight excluding hydrogens is 408 g/mol. The molecule has 2 aliphatic rings. The fourth-order valence-corrected chi connectivity index (χ4v) is 7.60. The molecule has 6 nitrogen and oxygen atoms in total. The third kappa shape index (κ3) is 4.12. The molecule has 0 spiro atoms. The Morgan fingerprint density at radius 2 is 2.07 bits per heavy atom. The second-order valence-electron chi connectivity index (χ2n) is 6.73. The first-order chi connectivity index (χ1) is 12.8. The van der Waals surface area contributed by atoms with Crippen molar-refractivity contribution in [2.24, 2.45) is 10.9 Å². The highest BCUT2D eigenvalue weighted by molar-refractivity contribution is 8.16. The highest BCUT2D eigenvalue weighted by Crippen LogP contribution is 2.44. The van der Waals surface area contributed by atoms with Crippen molar-refractivity contribution in [1.29, 1.82) is 0 Å². The maximum atomic E-state index is 12.6. The van der Waals surface area contributed by atoms with E-state index in [0.717, 1.165) is 12.8 Å². The number of amides is 1. The van der Waals surface area contributed by atoms with Crippen molar-refractivity contribution in [3.8, 4) is 5.75 Å². The lowest BCUT2D eigenvalue weighted by Gasteiger charge is -2.26. The number of methoxy groups -OCH3 is 1. The predicted octanol–water partition coefficient (Wildman–Crippen LogP) is 3.39. The number of sulfone groups is 1. The van der Waals surface area contributed by atoms with Gasteiger partial charge in [0.15, 0.2) is 15.0 Å². The van der Waals surface area contributed by atoms with Crippen molar-refractivity contribution < 1.29 is 17.9 Å². The minimum absolute atomic E-state index is 0.0263. The highest BCUT2D eigenvalue weighted by atomic mass is 35.5. The quantitative estimate of drug-likeness (QED) is 0.712. The number of ether oxygens (including phenoxy) is 1. The first-order valence-corrected chi connectivity index (χ1v) is 12.0. The maximum Gasteiger partial charge on any atom is 0.251 e. The standard InChI is InChI=1S/C18H23ClN2O4S2/c1-4-11(5-2)17(22)20-18-21(13-8-12(19)6-7-15(13)25-3)14-9-27(23,24)10-16(14)26-18/h6-8,11,14,16H,4-5,9-10H2,1-3H3. The first kappa shape index (κ1) is 20.5. The fourth-order valence-electron chi connectivity index (χ4n) is 3.52. The van der Waals surface area contributed by atoms with Gasteiger partial charge in [0, 0.05) is 16.2 Å². The summed E-state index contributed by atoms with van der Waals surface area (Å²) in [5, 5.41) is 0.870. The molecule has 27 heavy (non-hydrogen) atoms. The van der Waals surface area contributed by atoms with Gasteiger partial charge in [-0.2, -0.15) is 4.99 Å². The van der Waals surface area contributed by atoms with E-state index >= 15 is 0 Å². The van der Waals surface area contributed by atoms with Crippen LogP contribution in [0.3, 0.4) is 0 Å². The Labute approximate surface area is 169 Å². The molecule has 2 heterocycles. The van der Waals surface area contributed by atoms with E-state index in [0.29, 0.717) is 21.6 Å². The molecule has 2 aliphatic heterocycles. The van der Waals surface area contributed by atoms with Crippen LogP contribution in [-0.2, 0) is 14.6 Å². The molecule has 2 saturated heterocycles. The Balaban J connectivity index is 2.07. The number of nitrogens with zero attached hydrogens (tertiary/aromatic N) is 2. The largest absolute Gasteiger partial charge is 0.495 e. The summed E-state index contributed by atoms with van der Waals surface area (Å²) < 4.78 is 29.8. The lowest BCUT2D eigenvalue weighted by Crippen LogP contribution is -2.38. The summed E-state index contributed by atoms with van der Waals surface area (Å²) in [6.07, 6.45) is 1.44. The molecule has 148 valence electrons. The molecule has 2 unspecified atom stereocenters. The number of halogens is 1. The number of hydrogen-bond donors (Lipinski definition) is 0. The van der Waals surface area contributed by atoms with Crippen molar-refractivity contribution in [1.82, 2.24) is 0 Å². The van der Waals surface area contributed by atoms with Gasteiger partial charge in [-0.1, -0.05) is 37.2 Å². The van der Waals surface area contributed by atoms with Crippen LogP contribution in [0, 0.1) is 5.92 Å². The summed E-state index contributed by atoms with van der Waals surface area (Å²) in [5.41, 5.74) is 0.637. The molecule has 2 atom stereocenters. The average molecular weight is 431 g/mol. The van der Waals surface area contributed by atoms with Gasteiger partial charge in [-0.3, -0.25) is 4.79 Å². The van der Waals surface area contributed by atoms with Gasteiger partial charge in [0.1, 0.15) is 5.75 Å². The number of anilines is 1. The molecule has 3 rings (SSSR count). The lowest BCUT2D eigenvalue weighted by atomic mass is 10.0. The van der Waals surface area contributed by atoms with Crippen LogP contribution >= 0.6 is 23.4 Å². The third-order valence-electron chi connectivity index (χ3n) is 5.01. The molecule has 0 aliphatic carbocycles. The van der Waals surface area contributed by atoms with Gasteiger partial charge in [0.25, 0.3) is 5.91 Å². The summed E-state index contributed by atoms with van der Waals surface area (Å²) in [7, 11) is -1.58. The Bertz CT molecular complexity index is 868. The van der Waals surface area contributed by atoms with Crippen LogP contribution in [0.4, 0.5) is 5.69 Å². The second kappa shape index (κ2) is 8.01.